The second-order valence-electron chi connectivity index (χ2n) is 11.0. The normalized spacial score (nSPS) is 20.9. The summed E-state index contributed by atoms with van der Waals surface area (Å²) in [4.78, 5) is 47.5. The number of anilines is 1. The summed E-state index contributed by atoms with van der Waals surface area (Å²) in [5.74, 6) is 0.561. The zero-order valence-corrected chi connectivity index (χ0v) is 22.6. The molecule has 1 aromatic heterocycles. The summed E-state index contributed by atoms with van der Waals surface area (Å²) in [6.07, 6.45) is 3.59. The van der Waals surface area contributed by atoms with Crippen molar-refractivity contribution in [3.8, 4) is 5.69 Å². The molecule has 2 atom stereocenters. The minimum atomic E-state index is -0.945. The van der Waals surface area contributed by atoms with Crippen LogP contribution < -0.4 is 22.5 Å². The van der Waals surface area contributed by atoms with Gasteiger partial charge in [0.25, 0.3) is 0 Å². The van der Waals surface area contributed by atoms with E-state index in [0.717, 1.165) is 32.5 Å². The maximum atomic E-state index is 12.7. The van der Waals surface area contributed by atoms with Crippen LogP contribution in [0, 0.1) is 5.92 Å². The molecule has 206 valence electrons. The lowest BCUT2D eigenvalue weighted by Gasteiger charge is -2.37. The number of carbonyl (C=O) groups is 2. The van der Waals surface area contributed by atoms with E-state index in [0.29, 0.717) is 43.8 Å². The molecule has 0 radical (unpaired) electrons. The summed E-state index contributed by atoms with van der Waals surface area (Å²) in [6, 6.07) is 9.44. The molecule has 2 aromatic rings. The predicted octanol–water partition coefficient (Wildman–Crippen LogP) is 0.858. The molecule has 11 nitrogen and oxygen atoms in total. The number of likely N-dealkylation sites (tertiary alicyclic amines) is 1. The molecule has 2 aliphatic heterocycles. The van der Waals surface area contributed by atoms with Gasteiger partial charge in [0, 0.05) is 51.5 Å². The van der Waals surface area contributed by atoms with Gasteiger partial charge in [-0.2, -0.15) is 4.98 Å². The van der Waals surface area contributed by atoms with Crippen LogP contribution in [0.25, 0.3) is 5.69 Å². The molecule has 2 aliphatic rings. The van der Waals surface area contributed by atoms with E-state index in [2.05, 4.69) is 22.1 Å². The molecule has 0 saturated carbocycles. The first-order valence-electron chi connectivity index (χ1n) is 13.3. The van der Waals surface area contributed by atoms with Crippen LogP contribution in [-0.4, -0.2) is 93.6 Å². The van der Waals surface area contributed by atoms with Gasteiger partial charge < -0.3 is 26.2 Å². The van der Waals surface area contributed by atoms with Crippen LogP contribution in [0.2, 0.25) is 0 Å². The number of piperazine rings is 1. The Kier molecular flexibility index (Phi) is 8.49. The average molecular weight is 525 g/mol. The summed E-state index contributed by atoms with van der Waals surface area (Å²) in [7, 11) is 0. The summed E-state index contributed by atoms with van der Waals surface area (Å²) in [6.45, 7) is 10.2. The Morgan fingerprint density at radius 3 is 2.32 bits per heavy atom. The highest BCUT2D eigenvalue weighted by molar-refractivity contribution is 5.89. The van der Waals surface area contributed by atoms with Crippen molar-refractivity contribution in [2.45, 2.75) is 45.2 Å². The number of benzene rings is 1. The first kappa shape index (κ1) is 27.7. The van der Waals surface area contributed by atoms with Crippen molar-refractivity contribution in [3.63, 3.8) is 0 Å². The summed E-state index contributed by atoms with van der Waals surface area (Å²) >= 11 is 0. The molecule has 3 heterocycles. The Morgan fingerprint density at radius 2 is 1.71 bits per heavy atom. The van der Waals surface area contributed by atoms with Crippen LogP contribution in [0.4, 0.5) is 10.6 Å². The highest BCUT2D eigenvalue weighted by atomic mass is 16.2. The van der Waals surface area contributed by atoms with E-state index in [9.17, 15) is 14.4 Å². The number of amides is 3. The first-order chi connectivity index (χ1) is 18.0. The van der Waals surface area contributed by atoms with Gasteiger partial charge in [0.05, 0.1) is 11.2 Å². The summed E-state index contributed by atoms with van der Waals surface area (Å²) in [5.41, 5.74) is 12.5. The third-order valence-corrected chi connectivity index (χ3v) is 7.43. The fourth-order valence-corrected chi connectivity index (χ4v) is 4.94. The smallest absolute Gasteiger partial charge is 0.338 e. The predicted molar refractivity (Wildman–Crippen MR) is 147 cm³/mol. The van der Waals surface area contributed by atoms with Crippen LogP contribution in [0.5, 0.6) is 0 Å². The van der Waals surface area contributed by atoms with Crippen molar-refractivity contribution in [3.05, 3.63) is 52.6 Å². The van der Waals surface area contributed by atoms with Gasteiger partial charge in [0.1, 0.15) is 5.82 Å². The number of hydrogen-bond acceptors (Lipinski definition) is 7. The van der Waals surface area contributed by atoms with Gasteiger partial charge in [0.2, 0.25) is 5.91 Å². The Bertz CT molecular complexity index is 1180. The molecule has 11 heteroatoms. The minimum absolute atomic E-state index is 0.141. The lowest BCUT2D eigenvalue weighted by molar-refractivity contribution is -0.137. The van der Waals surface area contributed by atoms with Crippen LogP contribution in [0.1, 0.15) is 32.8 Å². The fraction of sp³-hybridized carbons (Fsp3) is 0.556. The Labute approximate surface area is 223 Å². The Hall–Kier alpha value is -3.28. The molecule has 3 amide bonds. The third kappa shape index (κ3) is 6.77. The maximum Gasteiger partial charge on any atom is 0.354 e. The zero-order chi connectivity index (χ0) is 27.4. The molecular formula is C27H40N8O3. The molecular weight excluding hydrogens is 484 g/mol. The SMILES string of the molecule is C[C@H]1CN(CCc2ccc(-n3ccc(NC(=O)N4CCN(C(=O)C(C)(C)N)CC4)nc3=O)cc2)CC[C@@H]1N. The second kappa shape index (κ2) is 11.6. The van der Waals surface area contributed by atoms with E-state index in [1.807, 2.05) is 24.3 Å². The molecule has 38 heavy (non-hydrogen) atoms. The van der Waals surface area contributed by atoms with E-state index in [1.165, 1.54) is 10.1 Å². The molecule has 5 N–H and O–H groups in total. The van der Waals surface area contributed by atoms with Gasteiger partial charge in [-0.05, 0) is 62.9 Å². The van der Waals surface area contributed by atoms with Gasteiger partial charge in [-0.15, -0.1) is 0 Å². The first-order valence-corrected chi connectivity index (χ1v) is 13.3. The summed E-state index contributed by atoms with van der Waals surface area (Å²) in [5, 5.41) is 2.69. The van der Waals surface area contributed by atoms with Gasteiger partial charge >= 0.3 is 11.7 Å². The number of hydrogen-bond donors (Lipinski definition) is 3. The van der Waals surface area contributed by atoms with Crippen molar-refractivity contribution in [1.82, 2.24) is 24.3 Å². The number of piperidine rings is 1. The van der Waals surface area contributed by atoms with E-state index in [-0.39, 0.29) is 17.8 Å². The maximum absolute atomic E-state index is 12.7. The number of nitrogens with two attached hydrogens (primary N) is 2. The molecule has 2 fully saturated rings. The Balaban J connectivity index is 1.29. The van der Waals surface area contributed by atoms with Gasteiger partial charge in [-0.1, -0.05) is 19.1 Å². The summed E-state index contributed by atoms with van der Waals surface area (Å²) < 4.78 is 1.45. The quantitative estimate of drug-likeness (QED) is 0.509. The Morgan fingerprint density at radius 1 is 1.05 bits per heavy atom. The minimum Gasteiger partial charge on any atom is -0.338 e. The highest BCUT2D eigenvalue weighted by Crippen LogP contribution is 2.16. The monoisotopic (exact) mass is 524 g/mol. The van der Waals surface area contributed by atoms with Gasteiger partial charge in [-0.3, -0.25) is 14.7 Å². The molecule has 2 saturated heterocycles. The average Bonchev–Trinajstić information content (AvgIpc) is 2.89. The lowest BCUT2D eigenvalue weighted by Crippen LogP contribution is -2.58. The van der Waals surface area contributed by atoms with E-state index in [4.69, 9.17) is 11.5 Å². The fourth-order valence-electron chi connectivity index (χ4n) is 4.94. The van der Waals surface area contributed by atoms with Crippen LogP contribution in [0.3, 0.4) is 0 Å². The molecule has 0 unspecified atom stereocenters. The number of rotatable bonds is 6. The number of urea groups is 1. The zero-order valence-electron chi connectivity index (χ0n) is 22.6. The largest absolute Gasteiger partial charge is 0.354 e. The number of carbonyl (C=O) groups excluding carboxylic acids is 2. The van der Waals surface area contributed by atoms with Crippen LogP contribution in [-0.2, 0) is 11.2 Å². The van der Waals surface area contributed by atoms with E-state index < -0.39 is 11.2 Å². The standard InChI is InChI=1S/C27H40N8O3/c1-19-18-32(12-9-22(19)28)11-8-20-4-6-21(7-5-20)35-13-10-23(31-26(35)38)30-25(37)34-16-14-33(15-17-34)24(36)27(2,3)29/h4-7,10,13,19,22H,8-9,11-12,14-18,28-29H2,1-3H3,(H,30,31,37,38)/t19-,22-/m0/s1. The van der Waals surface area contributed by atoms with Gasteiger partial charge in [0.15, 0.2) is 0 Å². The van der Waals surface area contributed by atoms with Crippen molar-refractivity contribution < 1.29 is 9.59 Å². The second-order valence-corrected chi connectivity index (χ2v) is 11.0. The number of nitrogens with one attached hydrogen (secondary N) is 1. The number of aromatic nitrogens is 2. The molecule has 0 bridgehead atoms. The van der Waals surface area contributed by atoms with Crippen molar-refractivity contribution >= 4 is 17.8 Å². The molecule has 0 spiro atoms. The van der Waals surface area contributed by atoms with E-state index >= 15 is 0 Å². The lowest BCUT2D eigenvalue weighted by atomic mass is 9.94. The van der Waals surface area contributed by atoms with Crippen molar-refractivity contribution in [2.75, 3.05) is 51.1 Å². The molecule has 1 aromatic carbocycles. The van der Waals surface area contributed by atoms with Crippen LogP contribution in [0.15, 0.2) is 41.3 Å². The molecule has 0 aliphatic carbocycles. The third-order valence-electron chi connectivity index (χ3n) is 7.43. The van der Waals surface area contributed by atoms with Crippen molar-refractivity contribution in [2.24, 2.45) is 17.4 Å². The van der Waals surface area contributed by atoms with Crippen LogP contribution >= 0.6 is 0 Å². The number of nitrogens with zero attached hydrogens (tertiary/aromatic N) is 5. The molecule has 4 rings (SSSR count). The topological polar surface area (TPSA) is 143 Å². The van der Waals surface area contributed by atoms with Gasteiger partial charge in [-0.25, -0.2) is 9.59 Å². The van der Waals surface area contributed by atoms with E-state index in [1.54, 1.807) is 35.9 Å². The highest BCUT2D eigenvalue weighted by Gasteiger charge is 2.31. The van der Waals surface area contributed by atoms with Crippen molar-refractivity contribution in [1.29, 1.82) is 0 Å².